The molecule has 0 bridgehead atoms. The summed E-state index contributed by atoms with van der Waals surface area (Å²) in [5, 5.41) is 12.9. The first-order chi connectivity index (χ1) is 15.2. The Morgan fingerprint density at radius 3 is 2.59 bits per heavy atom. The molecule has 3 aromatic rings. The van der Waals surface area contributed by atoms with Crippen LogP contribution in [0, 0.1) is 0 Å². The largest absolute Gasteiger partial charge is 0.477 e. The van der Waals surface area contributed by atoms with Gasteiger partial charge in [0.05, 0.1) is 17.8 Å². The number of anilines is 1. The topological polar surface area (TPSA) is 69.6 Å². The summed E-state index contributed by atoms with van der Waals surface area (Å²) in [4.78, 5) is 26.6. The summed E-state index contributed by atoms with van der Waals surface area (Å²) in [7, 11) is 0. The summed E-state index contributed by atoms with van der Waals surface area (Å²) in [5.74, 6) is -1.51. The van der Waals surface area contributed by atoms with Gasteiger partial charge in [-0.15, -0.1) is 11.3 Å². The molecule has 1 fully saturated rings. The van der Waals surface area contributed by atoms with E-state index in [1.54, 1.807) is 0 Å². The van der Waals surface area contributed by atoms with Crippen molar-refractivity contribution in [3.63, 3.8) is 0 Å². The molecule has 0 aliphatic carbocycles. The van der Waals surface area contributed by atoms with E-state index in [0.717, 1.165) is 34.6 Å². The summed E-state index contributed by atoms with van der Waals surface area (Å²) in [6.45, 7) is 0.574. The molecule has 4 rings (SSSR count). The standard InChI is InChI=1S/C23H21F3N2O3S/c24-23(25,26)17-8-2-3-9-18(17)27-20(29)13-28-11-5-6-14(28)12-16-15-7-1-4-10-19(15)32-21(16)22(30)31/h1-4,7-10,14H,5-6,11-13H2,(H,27,29)(H,30,31)/t14-/m0/s1. The van der Waals surface area contributed by atoms with E-state index in [9.17, 15) is 27.9 Å². The number of carbonyl (C=O) groups excluding carboxylic acids is 1. The van der Waals surface area contributed by atoms with E-state index in [-0.39, 0.29) is 18.3 Å². The lowest BCUT2D eigenvalue weighted by molar-refractivity contribution is -0.137. The Bertz CT molecular complexity index is 1160. The van der Waals surface area contributed by atoms with E-state index in [0.29, 0.717) is 17.8 Å². The number of benzene rings is 2. The number of fused-ring (bicyclic) bond motifs is 1. The molecule has 1 atom stereocenters. The number of nitrogens with zero attached hydrogens (tertiary/aromatic N) is 1. The molecule has 1 saturated heterocycles. The van der Waals surface area contributed by atoms with Crippen LogP contribution in [0.3, 0.4) is 0 Å². The minimum atomic E-state index is -4.56. The first-order valence-corrected chi connectivity index (χ1v) is 11.0. The van der Waals surface area contributed by atoms with Crippen LogP contribution in [0.1, 0.15) is 33.6 Å². The third-order valence-electron chi connectivity index (χ3n) is 5.68. The molecule has 2 aromatic carbocycles. The van der Waals surface area contributed by atoms with Crippen LogP contribution in [0.15, 0.2) is 48.5 Å². The number of carbonyl (C=O) groups is 2. The second kappa shape index (κ2) is 8.91. The lowest BCUT2D eigenvalue weighted by Crippen LogP contribution is -2.38. The number of hydrogen-bond acceptors (Lipinski definition) is 4. The normalized spacial score (nSPS) is 17.0. The molecule has 5 nitrogen and oxygen atoms in total. The SMILES string of the molecule is O=C(CN1CCC[C@H]1Cc1c(C(=O)O)sc2ccccc12)Nc1ccccc1C(F)(F)F. The van der Waals surface area contributed by atoms with Gasteiger partial charge in [0.2, 0.25) is 5.91 Å². The number of amides is 1. The number of para-hydroxylation sites is 1. The fourth-order valence-electron chi connectivity index (χ4n) is 4.26. The second-order valence-corrected chi connectivity index (χ2v) is 8.83. The lowest BCUT2D eigenvalue weighted by atomic mass is 10.0. The van der Waals surface area contributed by atoms with Crippen LogP contribution in [0.2, 0.25) is 0 Å². The zero-order valence-electron chi connectivity index (χ0n) is 17.0. The van der Waals surface area contributed by atoms with Crippen LogP contribution >= 0.6 is 11.3 Å². The number of carboxylic acids is 1. The predicted molar refractivity (Wildman–Crippen MR) is 117 cm³/mol. The average Bonchev–Trinajstić information content (AvgIpc) is 3.32. The molecule has 0 saturated carbocycles. The molecule has 2 N–H and O–H groups in total. The Morgan fingerprint density at radius 2 is 1.84 bits per heavy atom. The van der Waals surface area contributed by atoms with E-state index in [2.05, 4.69) is 5.32 Å². The summed E-state index contributed by atoms with van der Waals surface area (Å²) >= 11 is 1.23. The van der Waals surface area contributed by atoms with Crippen LogP contribution < -0.4 is 5.32 Å². The Kier molecular flexibility index (Phi) is 6.21. The highest BCUT2D eigenvalue weighted by atomic mass is 32.1. The number of halogens is 3. The van der Waals surface area contributed by atoms with Gasteiger partial charge >= 0.3 is 12.1 Å². The van der Waals surface area contributed by atoms with E-state index >= 15 is 0 Å². The van der Waals surface area contributed by atoms with Crippen molar-refractivity contribution in [2.75, 3.05) is 18.4 Å². The molecular weight excluding hydrogens is 441 g/mol. The Morgan fingerprint density at radius 1 is 1.12 bits per heavy atom. The number of thiophene rings is 1. The van der Waals surface area contributed by atoms with Crippen molar-refractivity contribution >= 4 is 39.0 Å². The van der Waals surface area contributed by atoms with Crippen molar-refractivity contribution in [3.05, 3.63) is 64.5 Å². The first kappa shape index (κ1) is 22.3. The molecule has 1 aromatic heterocycles. The number of alkyl halides is 3. The van der Waals surface area contributed by atoms with Gasteiger partial charge < -0.3 is 10.4 Å². The summed E-state index contributed by atoms with van der Waals surface area (Å²) < 4.78 is 40.5. The maximum absolute atomic E-state index is 13.2. The fourth-order valence-corrected chi connectivity index (χ4v) is 5.33. The number of carboxylic acid groups (broad SMARTS) is 1. The zero-order chi connectivity index (χ0) is 22.9. The highest BCUT2D eigenvalue weighted by molar-refractivity contribution is 7.21. The number of likely N-dealkylation sites (tertiary alicyclic amines) is 1. The first-order valence-electron chi connectivity index (χ1n) is 10.2. The average molecular weight is 462 g/mol. The maximum Gasteiger partial charge on any atom is 0.418 e. The van der Waals surface area contributed by atoms with Gasteiger partial charge in [0, 0.05) is 10.7 Å². The van der Waals surface area contributed by atoms with Gasteiger partial charge in [0.15, 0.2) is 0 Å². The van der Waals surface area contributed by atoms with Gasteiger partial charge in [-0.2, -0.15) is 13.2 Å². The molecule has 9 heteroatoms. The third-order valence-corrected chi connectivity index (χ3v) is 6.89. The van der Waals surface area contributed by atoms with Gasteiger partial charge in [-0.05, 0) is 55.0 Å². The van der Waals surface area contributed by atoms with Crippen LogP contribution in [-0.4, -0.2) is 41.0 Å². The smallest absolute Gasteiger partial charge is 0.418 e. The van der Waals surface area contributed by atoms with Crippen molar-refractivity contribution < 1.29 is 27.9 Å². The predicted octanol–water partition coefficient (Wildman–Crippen LogP) is 5.26. The molecule has 32 heavy (non-hydrogen) atoms. The Balaban J connectivity index is 1.50. The van der Waals surface area contributed by atoms with Crippen LogP contribution in [0.4, 0.5) is 18.9 Å². The molecule has 168 valence electrons. The third kappa shape index (κ3) is 4.63. The van der Waals surface area contributed by atoms with Gasteiger partial charge in [0.1, 0.15) is 4.88 Å². The van der Waals surface area contributed by atoms with E-state index in [4.69, 9.17) is 0 Å². The van der Waals surface area contributed by atoms with E-state index in [1.807, 2.05) is 29.2 Å². The van der Waals surface area contributed by atoms with Crippen molar-refractivity contribution in [2.45, 2.75) is 31.5 Å². The van der Waals surface area contributed by atoms with Gasteiger partial charge in [-0.1, -0.05) is 30.3 Å². The van der Waals surface area contributed by atoms with Crippen LogP contribution in [0.25, 0.3) is 10.1 Å². The Labute approximate surface area is 186 Å². The number of nitrogens with one attached hydrogen (secondary N) is 1. The Hall–Kier alpha value is -2.91. The molecule has 1 amide bonds. The summed E-state index contributed by atoms with van der Waals surface area (Å²) in [6.07, 6.45) is -2.47. The van der Waals surface area contributed by atoms with Gasteiger partial charge in [0.25, 0.3) is 0 Å². The molecule has 0 radical (unpaired) electrons. The van der Waals surface area contributed by atoms with Crippen molar-refractivity contribution in [3.8, 4) is 0 Å². The van der Waals surface area contributed by atoms with Crippen LogP contribution in [-0.2, 0) is 17.4 Å². The minimum absolute atomic E-state index is 0.0542. The molecular formula is C23H21F3N2O3S. The van der Waals surface area contributed by atoms with Crippen molar-refractivity contribution in [2.24, 2.45) is 0 Å². The van der Waals surface area contributed by atoms with Crippen molar-refractivity contribution in [1.29, 1.82) is 0 Å². The number of aromatic carboxylic acids is 1. The summed E-state index contributed by atoms with van der Waals surface area (Å²) in [5.41, 5.74) is -0.405. The fraction of sp³-hybridized carbons (Fsp3) is 0.304. The minimum Gasteiger partial charge on any atom is -0.477 e. The molecule has 0 unspecified atom stereocenters. The molecule has 2 heterocycles. The number of hydrogen-bond donors (Lipinski definition) is 2. The zero-order valence-corrected chi connectivity index (χ0v) is 17.8. The van der Waals surface area contributed by atoms with E-state index < -0.39 is 23.6 Å². The van der Waals surface area contributed by atoms with Crippen LogP contribution in [0.5, 0.6) is 0 Å². The maximum atomic E-state index is 13.2. The quantitative estimate of drug-likeness (QED) is 0.524. The van der Waals surface area contributed by atoms with Crippen molar-refractivity contribution in [1.82, 2.24) is 4.90 Å². The van der Waals surface area contributed by atoms with Gasteiger partial charge in [-0.25, -0.2) is 4.79 Å². The lowest BCUT2D eigenvalue weighted by Gasteiger charge is -2.24. The monoisotopic (exact) mass is 462 g/mol. The van der Waals surface area contributed by atoms with Gasteiger partial charge in [-0.3, -0.25) is 9.69 Å². The highest BCUT2D eigenvalue weighted by Gasteiger charge is 2.34. The summed E-state index contributed by atoms with van der Waals surface area (Å²) in [6, 6.07) is 12.3. The molecule has 1 aliphatic heterocycles. The number of rotatable bonds is 6. The molecule has 1 aliphatic rings. The molecule has 0 spiro atoms. The highest BCUT2D eigenvalue weighted by Crippen LogP contribution is 2.36. The second-order valence-electron chi connectivity index (χ2n) is 7.77. The van der Waals surface area contributed by atoms with E-state index in [1.165, 1.54) is 29.5 Å².